The second-order valence-electron chi connectivity index (χ2n) is 5.98. The average molecular weight is 433 g/mol. The summed E-state index contributed by atoms with van der Waals surface area (Å²) in [4.78, 5) is 19.2. The van der Waals surface area contributed by atoms with Crippen LogP contribution in [0.25, 0.3) is 0 Å². The number of aromatic nitrogens is 1. The Bertz CT molecular complexity index is 1130. The molecule has 0 aliphatic carbocycles. The zero-order valence-corrected chi connectivity index (χ0v) is 17.5. The minimum Gasteiger partial charge on any atom is -0.313 e. The molecule has 1 N–H and O–H groups in total. The third kappa shape index (κ3) is 4.75. The Labute approximate surface area is 170 Å². The van der Waals surface area contributed by atoms with Gasteiger partial charge in [-0.2, -0.15) is 16.6 Å². The standard InChI is InChI=1S/C18H16N4O3S3/c1-12-16(17(23)21-28(2,24)25)20-18(27-12)22(10-14-7-8-26-11-14)15-5-3-13(9-19)4-6-15/h3-8,11H,10H2,1-2H3,(H,21,23). The van der Waals surface area contributed by atoms with Gasteiger partial charge in [-0.15, -0.1) is 11.3 Å². The van der Waals surface area contributed by atoms with E-state index in [1.807, 2.05) is 38.6 Å². The molecule has 0 unspecified atom stereocenters. The Hall–Kier alpha value is -2.74. The van der Waals surface area contributed by atoms with Crippen molar-refractivity contribution in [3.8, 4) is 6.07 Å². The number of hydrogen-bond donors (Lipinski definition) is 1. The number of thiophene rings is 1. The van der Waals surface area contributed by atoms with Gasteiger partial charge in [-0.1, -0.05) is 0 Å². The van der Waals surface area contributed by atoms with Crippen LogP contribution in [0.5, 0.6) is 0 Å². The van der Waals surface area contributed by atoms with E-state index in [4.69, 9.17) is 5.26 Å². The molecule has 28 heavy (non-hydrogen) atoms. The number of carbonyl (C=O) groups excluding carboxylic acids is 1. The highest BCUT2D eigenvalue weighted by molar-refractivity contribution is 7.89. The summed E-state index contributed by atoms with van der Waals surface area (Å²) < 4.78 is 24.7. The summed E-state index contributed by atoms with van der Waals surface area (Å²) in [6, 6.07) is 11.2. The Morgan fingerprint density at radius 1 is 1.29 bits per heavy atom. The first-order valence-corrected chi connectivity index (χ1v) is 11.7. The second-order valence-corrected chi connectivity index (χ2v) is 9.69. The summed E-state index contributed by atoms with van der Waals surface area (Å²) in [6.07, 6.45) is 0.924. The molecular weight excluding hydrogens is 416 g/mol. The highest BCUT2D eigenvalue weighted by Crippen LogP contribution is 2.33. The molecule has 0 fully saturated rings. The highest BCUT2D eigenvalue weighted by atomic mass is 32.2. The topological polar surface area (TPSA) is 103 Å². The van der Waals surface area contributed by atoms with Gasteiger partial charge in [-0.3, -0.25) is 4.79 Å². The minimum atomic E-state index is -3.68. The molecule has 0 saturated heterocycles. The molecule has 0 atom stereocenters. The van der Waals surface area contributed by atoms with Crippen LogP contribution in [0, 0.1) is 18.3 Å². The van der Waals surface area contributed by atoms with Crippen LogP contribution in [0.3, 0.4) is 0 Å². The van der Waals surface area contributed by atoms with Gasteiger partial charge in [-0.25, -0.2) is 18.1 Å². The number of rotatable bonds is 6. The number of nitrogens with one attached hydrogen (secondary N) is 1. The Balaban J connectivity index is 1.99. The molecule has 0 bridgehead atoms. The molecule has 3 aromatic rings. The maximum absolute atomic E-state index is 12.3. The first-order chi connectivity index (χ1) is 13.3. The van der Waals surface area contributed by atoms with E-state index < -0.39 is 15.9 Å². The number of aryl methyl sites for hydroxylation is 1. The van der Waals surface area contributed by atoms with Gasteiger partial charge < -0.3 is 4.90 Å². The summed E-state index contributed by atoms with van der Waals surface area (Å²) in [5.41, 5.74) is 2.51. The molecule has 0 saturated carbocycles. The first kappa shape index (κ1) is 20.0. The van der Waals surface area contributed by atoms with Gasteiger partial charge in [0.05, 0.1) is 24.4 Å². The predicted molar refractivity (Wildman–Crippen MR) is 110 cm³/mol. The zero-order chi connectivity index (χ0) is 20.3. The Morgan fingerprint density at radius 2 is 2.00 bits per heavy atom. The van der Waals surface area contributed by atoms with Gasteiger partial charge >= 0.3 is 0 Å². The lowest BCUT2D eigenvalue weighted by Gasteiger charge is -2.21. The lowest BCUT2D eigenvalue weighted by Crippen LogP contribution is -2.30. The van der Waals surface area contributed by atoms with E-state index in [1.54, 1.807) is 30.4 Å². The zero-order valence-electron chi connectivity index (χ0n) is 15.0. The number of thiazole rings is 1. The smallest absolute Gasteiger partial charge is 0.284 e. The normalized spacial score (nSPS) is 11.0. The van der Waals surface area contributed by atoms with Gasteiger partial charge in [0.25, 0.3) is 5.91 Å². The SMILES string of the molecule is Cc1sc(N(Cc2ccsc2)c2ccc(C#N)cc2)nc1C(=O)NS(C)(=O)=O. The lowest BCUT2D eigenvalue weighted by atomic mass is 10.2. The van der Waals surface area contributed by atoms with Gasteiger partial charge in [-0.05, 0) is 53.6 Å². The van der Waals surface area contributed by atoms with Crippen molar-refractivity contribution >= 4 is 49.4 Å². The highest BCUT2D eigenvalue weighted by Gasteiger charge is 2.22. The molecule has 0 aliphatic heterocycles. The largest absolute Gasteiger partial charge is 0.313 e. The molecule has 0 radical (unpaired) electrons. The maximum atomic E-state index is 12.3. The number of hydrogen-bond acceptors (Lipinski definition) is 8. The number of nitrogens with zero attached hydrogens (tertiary/aromatic N) is 3. The Kier molecular flexibility index (Phi) is 5.79. The second kappa shape index (κ2) is 8.10. The van der Waals surface area contributed by atoms with Crippen molar-refractivity contribution in [2.75, 3.05) is 11.2 Å². The van der Waals surface area contributed by atoms with Crippen LogP contribution in [0.4, 0.5) is 10.8 Å². The van der Waals surface area contributed by atoms with Gasteiger partial charge in [0.2, 0.25) is 10.0 Å². The summed E-state index contributed by atoms with van der Waals surface area (Å²) >= 11 is 2.88. The van der Waals surface area contributed by atoms with Gasteiger partial charge in [0, 0.05) is 10.6 Å². The third-order valence-electron chi connectivity index (χ3n) is 3.74. The van der Waals surface area contributed by atoms with E-state index in [-0.39, 0.29) is 5.69 Å². The molecule has 0 spiro atoms. The van der Waals surface area contributed by atoms with E-state index in [2.05, 4.69) is 11.1 Å². The van der Waals surface area contributed by atoms with Gasteiger partial charge in [0.1, 0.15) is 5.69 Å². The summed E-state index contributed by atoms with van der Waals surface area (Å²) in [6.45, 7) is 2.25. The molecule has 10 heteroatoms. The predicted octanol–water partition coefficient (Wildman–Crippen LogP) is 3.41. The fraction of sp³-hybridized carbons (Fsp3) is 0.167. The van der Waals surface area contributed by atoms with E-state index >= 15 is 0 Å². The van der Waals surface area contributed by atoms with Crippen LogP contribution in [0.2, 0.25) is 0 Å². The Morgan fingerprint density at radius 3 is 2.57 bits per heavy atom. The third-order valence-corrected chi connectivity index (χ3v) is 6.02. The van der Waals surface area contributed by atoms with Crippen molar-refractivity contribution in [1.82, 2.24) is 9.71 Å². The fourth-order valence-corrected chi connectivity index (χ4v) is 4.49. The summed E-state index contributed by atoms with van der Waals surface area (Å²) in [5.74, 6) is -0.752. The number of benzene rings is 1. The van der Waals surface area contributed by atoms with Crippen molar-refractivity contribution in [3.63, 3.8) is 0 Å². The molecule has 3 rings (SSSR count). The van der Waals surface area contributed by atoms with E-state index in [1.165, 1.54) is 11.3 Å². The lowest BCUT2D eigenvalue weighted by molar-refractivity contribution is 0.0977. The van der Waals surface area contributed by atoms with Crippen LogP contribution in [0.15, 0.2) is 41.1 Å². The van der Waals surface area contributed by atoms with Crippen LogP contribution in [0.1, 0.15) is 26.5 Å². The van der Waals surface area contributed by atoms with Crippen molar-refractivity contribution in [2.45, 2.75) is 13.5 Å². The summed E-state index contributed by atoms with van der Waals surface area (Å²) in [7, 11) is -3.68. The fourth-order valence-electron chi connectivity index (χ4n) is 2.48. The van der Waals surface area contributed by atoms with E-state index in [0.29, 0.717) is 22.1 Å². The molecule has 7 nitrogen and oxygen atoms in total. The quantitative estimate of drug-likeness (QED) is 0.640. The van der Waals surface area contributed by atoms with Crippen molar-refractivity contribution in [3.05, 3.63) is 62.8 Å². The van der Waals surface area contributed by atoms with Crippen molar-refractivity contribution in [2.24, 2.45) is 0 Å². The number of anilines is 2. The van der Waals surface area contributed by atoms with Crippen molar-refractivity contribution < 1.29 is 13.2 Å². The molecule has 2 aromatic heterocycles. The van der Waals surface area contributed by atoms with Crippen LogP contribution >= 0.6 is 22.7 Å². The van der Waals surface area contributed by atoms with E-state index in [0.717, 1.165) is 17.5 Å². The molecule has 144 valence electrons. The minimum absolute atomic E-state index is 0.0781. The first-order valence-electron chi connectivity index (χ1n) is 8.05. The number of carbonyl (C=O) groups is 1. The molecule has 1 aromatic carbocycles. The maximum Gasteiger partial charge on any atom is 0.284 e. The van der Waals surface area contributed by atoms with Crippen molar-refractivity contribution in [1.29, 1.82) is 5.26 Å². The van der Waals surface area contributed by atoms with Crippen LogP contribution in [-0.4, -0.2) is 25.6 Å². The average Bonchev–Trinajstić information content (AvgIpc) is 3.28. The van der Waals surface area contributed by atoms with Crippen LogP contribution in [-0.2, 0) is 16.6 Å². The molecular formula is C18H16N4O3S3. The monoisotopic (exact) mass is 432 g/mol. The van der Waals surface area contributed by atoms with Gasteiger partial charge in [0.15, 0.2) is 5.13 Å². The molecule has 1 amide bonds. The molecule has 2 heterocycles. The summed E-state index contributed by atoms with van der Waals surface area (Å²) in [5, 5.41) is 13.6. The number of nitriles is 1. The van der Waals surface area contributed by atoms with E-state index in [9.17, 15) is 13.2 Å². The molecule has 0 aliphatic rings. The van der Waals surface area contributed by atoms with Crippen LogP contribution < -0.4 is 9.62 Å². The number of amides is 1. The number of sulfonamides is 1.